The van der Waals surface area contributed by atoms with Crippen molar-refractivity contribution in [3.63, 3.8) is 0 Å². The molecule has 9 heteroatoms. The summed E-state index contributed by atoms with van der Waals surface area (Å²) < 4.78 is 26.5. The molecule has 1 amide bonds. The second-order valence-electron chi connectivity index (χ2n) is 7.85. The first-order valence-corrected chi connectivity index (χ1v) is 9.18. The number of aliphatic hydroxyl groups is 1. The van der Waals surface area contributed by atoms with E-state index in [0.29, 0.717) is 11.1 Å². The van der Waals surface area contributed by atoms with Crippen LogP contribution in [0.15, 0.2) is 35.3 Å². The number of aromatic amines is 1. The standard InChI is InChI=1S/C21H21F2N3O4/c1-21(2,10-27)9-25-19(29)16-18(28)17-15(26-20(16)30)7-12(8-24-17)5-11-3-4-13(22)14(23)6-11/h3-4,6-8,27H,5,9-10H2,1-2H3,(H,25,29)(H2,26,28,30). The van der Waals surface area contributed by atoms with Crippen LogP contribution >= 0.6 is 0 Å². The minimum atomic E-state index is -0.965. The first-order chi connectivity index (χ1) is 14.1. The molecule has 0 fully saturated rings. The van der Waals surface area contributed by atoms with E-state index in [0.717, 1.165) is 12.1 Å². The number of aromatic nitrogens is 2. The van der Waals surface area contributed by atoms with E-state index in [4.69, 9.17) is 0 Å². The topological polar surface area (TPSA) is 115 Å². The summed E-state index contributed by atoms with van der Waals surface area (Å²) >= 11 is 0. The van der Waals surface area contributed by atoms with Crippen molar-refractivity contribution in [2.24, 2.45) is 5.41 Å². The van der Waals surface area contributed by atoms with Gasteiger partial charge in [-0.05, 0) is 35.7 Å². The molecule has 30 heavy (non-hydrogen) atoms. The van der Waals surface area contributed by atoms with Gasteiger partial charge in [0.05, 0.1) is 5.52 Å². The summed E-state index contributed by atoms with van der Waals surface area (Å²) in [4.78, 5) is 31.4. The van der Waals surface area contributed by atoms with Crippen molar-refractivity contribution in [1.29, 1.82) is 0 Å². The maximum Gasteiger partial charge on any atom is 0.265 e. The van der Waals surface area contributed by atoms with Crippen LogP contribution in [0, 0.1) is 17.0 Å². The summed E-state index contributed by atoms with van der Waals surface area (Å²) in [5.41, 5.74) is -0.556. The number of fused-ring (bicyclic) bond motifs is 1. The smallest absolute Gasteiger partial charge is 0.265 e. The zero-order valence-electron chi connectivity index (χ0n) is 16.4. The fourth-order valence-corrected chi connectivity index (χ4v) is 2.86. The summed E-state index contributed by atoms with van der Waals surface area (Å²) in [6.07, 6.45) is 1.64. The SMILES string of the molecule is CC(C)(CO)CNC(=O)c1c(O)c2ncc(Cc3ccc(F)c(F)c3)cc2[nH]c1=O. The van der Waals surface area contributed by atoms with Gasteiger partial charge in [0.25, 0.3) is 11.5 Å². The van der Waals surface area contributed by atoms with E-state index in [1.807, 2.05) is 0 Å². The number of carbonyl (C=O) groups is 1. The lowest BCUT2D eigenvalue weighted by Gasteiger charge is -2.21. The van der Waals surface area contributed by atoms with Crippen LogP contribution in [-0.4, -0.2) is 39.2 Å². The molecule has 0 radical (unpaired) electrons. The summed E-state index contributed by atoms with van der Waals surface area (Å²) in [5, 5.41) is 22.2. The largest absolute Gasteiger partial charge is 0.505 e. The molecule has 0 bridgehead atoms. The van der Waals surface area contributed by atoms with Crippen molar-refractivity contribution in [1.82, 2.24) is 15.3 Å². The van der Waals surface area contributed by atoms with Crippen molar-refractivity contribution in [3.8, 4) is 5.75 Å². The molecule has 158 valence electrons. The average Bonchev–Trinajstić information content (AvgIpc) is 2.69. The van der Waals surface area contributed by atoms with Gasteiger partial charge in [0, 0.05) is 24.8 Å². The Hall–Kier alpha value is -3.33. The monoisotopic (exact) mass is 417 g/mol. The van der Waals surface area contributed by atoms with E-state index >= 15 is 0 Å². The molecular formula is C21H21F2N3O4. The van der Waals surface area contributed by atoms with Crippen molar-refractivity contribution in [3.05, 3.63) is 69.1 Å². The van der Waals surface area contributed by atoms with Gasteiger partial charge >= 0.3 is 0 Å². The highest BCUT2D eigenvalue weighted by Gasteiger charge is 2.23. The number of aliphatic hydroxyl groups excluding tert-OH is 1. The minimum absolute atomic E-state index is 0.0233. The Balaban J connectivity index is 1.91. The number of nitrogens with one attached hydrogen (secondary N) is 2. The molecule has 0 aliphatic carbocycles. The van der Waals surface area contributed by atoms with Crippen LogP contribution in [0.3, 0.4) is 0 Å². The highest BCUT2D eigenvalue weighted by atomic mass is 19.2. The van der Waals surface area contributed by atoms with Crippen LogP contribution in [0.5, 0.6) is 5.75 Å². The van der Waals surface area contributed by atoms with E-state index in [2.05, 4.69) is 15.3 Å². The number of halogens is 2. The lowest BCUT2D eigenvalue weighted by Crippen LogP contribution is -2.38. The highest BCUT2D eigenvalue weighted by Crippen LogP contribution is 2.24. The lowest BCUT2D eigenvalue weighted by atomic mass is 9.95. The second kappa shape index (κ2) is 8.19. The van der Waals surface area contributed by atoms with Gasteiger partial charge in [0.1, 0.15) is 11.1 Å². The number of amides is 1. The number of hydrogen-bond acceptors (Lipinski definition) is 5. The van der Waals surface area contributed by atoms with Gasteiger partial charge in [0.2, 0.25) is 0 Å². The quantitative estimate of drug-likeness (QED) is 0.491. The molecule has 7 nitrogen and oxygen atoms in total. The van der Waals surface area contributed by atoms with Crippen LogP contribution in [0.1, 0.15) is 35.3 Å². The number of hydrogen-bond donors (Lipinski definition) is 4. The molecule has 4 N–H and O–H groups in total. The molecule has 2 heterocycles. The van der Waals surface area contributed by atoms with Gasteiger partial charge in [0.15, 0.2) is 17.4 Å². The molecule has 1 aromatic carbocycles. The zero-order valence-corrected chi connectivity index (χ0v) is 16.4. The van der Waals surface area contributed by atoms with Crippen molar-refractivity contribution in [2.45, 2.75) is 20.3 Å². The van der Waals surface area contributed by atoms with Crippen LogP contribution in [0.25, 0.3) is 11.0 Å². The Kier molecular flexibility index (Phi) is 5.84. The molecule has 0 saturated heterocycles. The summed E-state index contributed by atoms with van der Waals surface area (Å²) in [7, 11) is 0. The van der Waals surface area contributed by atoms with Gasteiger partial charge in [-0.3, -0.25) is 14.6 Å². The molecule has 2 aromatic heterocycles. The van der Waals surface area contributed by atoms with Gasteiger partial charge in [-0.1, -0.05) is 19.9 Å². The Morgan fingerprint density at radius 1 is 1.20 bits per heavy atom. The fraction of sp³-hybridized carbons (Fsp3) is 0.286. The Labute approximate surface area is 170 Å². The molecule has 0 saturated carbocycles. The number of rotatable bonds is 6. The summed E-state index contributed by atoms with van der Waals surface area (Å²) in [6.45, 7) is 3.39. The lowest BCUT2D eigenvalue weighted by molar-refractivity contribution is 0.0907. The molecular weight excluding hydrogens is 396 g/mol. The molecule has 3 aromatic rings. The van der Waals surface area contributed by atoms with E-state index in [9.17, 15) is 28.6 Å². The van der Waals surface area contributed by atoms with Crippen LogP contribution in [0.4, 0.5) is 8.78 Å². The molecule has 0 atom stereocenters. The maximum atomic E-state index is 13.4. The summed E-state index contributed by atoms with van der Waals surface area (Å²) in [6, 6.07) is 5.07. The fourth-order valence-electron chi connectivity index (χ4n) is 2.86. The average molecular weight is 417 g/mol. The number of pyridine rings is 2. The van der Waals surface area contributed by atoms with Gasteiger partial charge < -0.3 is 20.5 Å². The maximum absolute atomic E-state index is 13.4. The molecule has 3 rings (SSSR count). The second-order valence-corrected chi connectivity index (χ2v) is 7.85. The first kappa shape index (κ1) is 21.4. The number of nitrogens with zero attached hydrogens (tertiary/aromatic N) is 1. The molecule has 0 spiro atoms. The van der Waals surface area contributed by atoms with Crippen LogP contribution < -0.4 is 10.9 Å². The first-order valence-electron chi connectivity index (χ1n) is 9.18. The Bertz CT molecular complexity index is 1170. The van der Waals surface area contributed by atoms with Crippen molar-refractivity contribution in [2.75, 3.05) is 13.2 Å². The molecule has 0 unspecified atom stereocenters. The van der Waals surface area contributed by atoms with E-state index < -0.39 is 39.8 Å². The van der Waals surface area contributed by atoms with Crippen LogP contribution in [0.2, 0.25) is 0 Å². The number of H-pyrrole nitrogens is 1. The third-order valence-corrected chi connectivity index (χ3v) is 4.66. The van der Waals surface area contributed by atoms with Gasteiger partial charge in [-0.2, -0.15) is 0 Å². The Morgan fingerprint density at radius 3 is 2.60 bits per heavy atom. The van der Waals surface area contributed by atoms with Gasteiger partial charge in [-0.25, -0.2) is 8.78 Å². The van der Waals surface area contributed by atoms with E-state index in [1.54, 1.807) is 19.9 Å². The predicted molar refractivity (Wildman–Crippen MR) is 106 cm³/mol. The number of benzene rings is 1. The number of carbonyl (C=O) groups excluding carboxylic acids is 1. The van der Waals surface area contributed by atoms with Crippen molar-refractivity contribution < 1.29 is 23.8 Å². The van der Waals surface area contributed by atoms with Crippen LogP contribution in [-0.2, 0) is 6.42 Å². The molecule has 0 aliphatic heterocycles. The Morgan fingerprint density at radius 2 is 1.93 bits per heavy atom. The third kappa shape index (κ3) is 4.46. The highest BCUT2D eigenvalue weighted by molar-refractivity contribution is 6.01. The van der Waals surface area contributed by atoms with Gasteiger partial charge in [-0.15, -0.1) is 0 Å². The molecule has 0 aliphatic rings. The minimum Gasteiger partial charge on any atom is -0.505 e. The van der Waals surface area contributed by atoms with Crippen molar-refractivity contribution >= 4 is 16.9 Å². The zero-order chi connectivity index (χ0) is 22.1. The number of aromatic hydroxyl groups is 1. The summed E-state index contributed by atoms with van der Waals surface area (Å²) in [5.74, 6) is -3.26. The van der Waals surface area contributed by atoms with E-state index in [1.165, 1.54) is 12.3 Å². The normalized spacial score (nSPS) is 11.6. The predicted octanol–water partition coefficient (Wildman–Crippen LogP) is 2.25. The van der Waals surface area contributed by atoms with E-state index in [-0.39, 0.29) is 30.6 Å². The third-order valence-electron chi connectivity index (χ3n) is 4.66.